The first-order valence-electron chi connectivity index (χ1n) is 9.22. The highest BCUT2D eigenvalue weighted by Crippen LogP contribution is 2.37. The van der Waals surface area contributed by atoms with Crippen LogP contribution in [0, 0.1) is 0 Å². The zero-order chi connectivity index (χ0) is 22.6. The Labute approximate surface area is 187 Å². The Morgan fingerprint density at radius 2 is 1.77 bits per heavy atom. The third-order valence-electron chi connectivity index (χ3n) is 4.08. The SMILES string of the molecule is COc1cc(C=C2C(=O)OC(C)(C)OC2=O)cc(Br)c1OCC(=O)Nc1ccccc1. The van der Waals surface area contributed by atoms with Crippen LogP contribution >= 0.6 is 15.9 Å². The van der Waals surface area contributed by atoms with Crippen LogP contribution in [0.25, 0.3) is 6.08 Å². The predicted molar refractivity (Wildman–Crippen MR) is 116 cm³/mol. The van der Waals surface area contributed by atoms with E-state index >= 15 is 0 Å². The van der Waals surface area contributed by atoms with E-state index in [1.807, 2.05) is 18.2 Å². The highest BCUT2D eigenvalue weighted by molar-refractivity contribution is 9.10. The molecule has 0 aliphatic carbocycles. The van der Waals surface area contributed by atoms with Gasteiger partial charge in [0.2, 0.25) is 0 Å². The van der Waals surface area contributed by atoms with Gasteiger partial charge in [0.1, 0.15) is 5.57 Å². The Balaban J connectivity index is 1.76. The molecule has 0 atom stereocenters. The second kappa shape index (κ2) is 9.22. The molecule has 3 rings (SSSR count). The molecule has 0 aromatic heterocycles. The van der Waals surface area contributed by atoms with E-state index in [-0.39, 0.29) is 18.1 Å². The molecular formula is C22H20BrNO7. The summed E-state index contributed by atoms with van der Waals surface area (Å²) >= 11 is 3.37. The quantitative estimate of drug-likeness (QED) is 0.375. The third kappa shape index (κ3) is 5.64. The Morgan fingerprint density at radius 1 is 1.13 bits per heavy atom. The van der Waals surface area contributed by atoms with Gasteiger partial charge in [0.15, 0.2) is 18.1 Å². The molecule has 162 valence electrons. The number of ether oxygens (including phenoxy) is 4. The maximum absolute atomic E-state index is 12.2. The predicted octanol–water partition coefficient (Wildman–Crippen LogP) is 3.69. The lowest BCUT2D eigenvalue weighted by Crippen LogP contribution is -2.41. The van der Waals surface area contributed by atoms with Crippen LogP contribution in [0.4, 0.5) is 5.69 Å². The number of cyclic esters (lactones) is 2. The number of anilines is 1. The molecule has 1 heterocycles. The van der Waals surface area contributed by atoms with Crippen molar-refractivity contribution in [1.82, 2.24) is 0 Å². The lowest BCUT2D eigenvalue weighted by atomic mass is 10.1. The van der Waals surface area contributed by atoms with E-state index in [2.05, 4.69) is 21.2 Å². The molecule has 8 nitrogen and oxygen atoms in total. The summed E-state index contributed by atoms with van der Waals surface area (Å²) < 4.78 is 21.6. The van der Waals surface area contributed by atoms with Crippen LogP contribution in [0.5, 0.6) is 11.5 Å². The number of halogens is 1. The molecule has 0 unspecified atom stereocenters. The van der Waals surface area contributed by atoms with Crippen LogP contribution < -0.4 is 14.8 Å². The molecule has 1 aliphatic rings. The molecule has 0 bridgehead atoms. The first-order valence-corrected chi connectivity index (χ1v) is 10.0. The monoisotopic (exact) mass is 489 g/mol. The Kier molecular flexibility index (Phi) is 6.65. The summed E-state index contributed by atoms with van der Waals surface area (Å²) in [6.45, 7) is 2.69. The van der Waals surface area contributed by atoms with Crippen LogP contribution in [0.15, 0.2) is 52.5 Å². The molecule has 2 aromatic carbocycles. The van der Waals surface area contributed by atoms with Gasteiger partial charge in [0, 0.05) is 19.5 Å². The van der Waals surface area contributed by atoms with Gasteiger partial charge in [-0.25, -0.2) is 9.59 Å². The van der Waals surface area contributed by atoms with Gasteiger partial charge in [0.05, 0.1) is 11.6 Å². The van der Waals surface area contributed by atoms with Gasteiger partial charge >= 0.3 is 11.9 Å². The van der Waals surface area contributed by atoms with Crippen molar-refractivity contribution in [2.24, 2.45) is 0 Å². The highest BCUT2D eigenvalue weighted by Gasteiger charge is 2.38. The standard InChI is InChI=1S/C22H20BrNO7/c1-22(2)30-20(26)15(21(27)31-22)9-13-10-16(23)19(17(11-13)28-3)29-12-18(25)24-14-7-5-4-6-8-14/h4-11H,12H2,1-3H3,(H,24,25). The highest BCUT2D eigenvalue weighted by atomic mass is 79.9. The summed E-state index contributed by atoms with van der Waals surface area (Å²) in [6, 6.07) is 12.2. The molecule has 0 spiro atoms. The largest absolute Gasteiger partial charge is 0.493 e. The molecule has 0 saturated carbocycles. The van der Waals surface area contributed by atoms with Gasteiger partial charge in [-0.1, -0.05) is 18.2 Å². The van der Waals surface area contributed by atoms with E-state index in [0.29, 0.717) is 27.2 Å². The lowest BCUT2D eigenvalue weighted by Gasteiger charge is -2.29. The van der Waals surface area contributed by atoms with E-state index in [9.17, 15) is 14.4 Å². The molecule has 31 heavy (non-hydrogen) atoms. The van der Waals surface area contributed by atoms with Gasteiger partial charge < -0.3 is 24.3 Å². The molecule has 1 N–H and O–H groups in total. The summed E-state index contributed by atoms with van der Waals surface area (Å²) in [5, 5.41) is 2.72. The fourth-order valence-electron chi connectivity index (χ4n) is 2.76. The Bertz CT molecular complexity index is 1030. The van der Waals surface area contributed by atoms with Crippen molar-refractivity contribution in [2.75, 3.05) is 19.0 Å². The number of rotatable bonds is 6. The van der Waals surface area contributed by atoms with Crippen molar-refractivity contribution in [1.29, 1.82) is 0 Å². The molecular weight excluding hydrogens is 470 g/mol. The topological polar surface area (TPSA) is 100 Å². The van der Waals surface area contributed by atoms with Crippen LogP contribution in [0.1, 0.15) is 19.4 Å². The second-order valence-corrected chi connectivity index (χ2v) is 7.83. The van der Waals surface area contributed by atoms with Crippen molar-refractivity contribution in [3.05, 3.63) is 58.1 Å². The maximum Gasteiger partial charge on any atom is 0.348 e. The van der Waals surface area contributed by atoms with Crippen molar-refractivity contribution in [3.8, 4) is 11.5 Å². The normalized spacial score (nSPS) is 14.9. The number of hydrogen-bond acceptors (Lipinski definition) is 7. The summed E-state index contributed by atoms with van der Waals surface area (Å²) in [6.07, 6.45) is 1.33. The van der Waals surface area contributed by atoms with Crippen molar-refractivity contribution >= 4 is 45.5 Å². The van der Waals surface area contributed by atoms with Crippen LogP contribution in [-0.2, 0) is 23.9 Å². The van der Waals surface area contributed by atoms with E-state index < -0.39 is 17.7 Å². The minimum atomic E-state index is -1.32. The first kappa shape index (κ1) is 22.4. The van der Waals surface area contributed by atoms with Gasteiger partial charge in [-0.3, -0.25) is 4.79 Å². The molecule has 0 radical (unpaired) electrons. The molecule has 2 aromatic rings. The summed E-state index contributed by atoms with van der Waals surface area (Å²) in [4.78, 5) is 36.5. The molecule has 1 fully saturated rings. The van der Waals surface area contributed by atoms with Crippen molar-refractivity contribution < 1.29 is 33.3 Å². The number of carbonyl (C=O) groups excluding carboxylic acids is 3. The zero-order valence-corrected chi connectivity index (χ0v) is 18.6. The number of esters is 2. The molecule has 1 saturated heterocycles. The van der Waals surface area contributed by atoms with Crippen LogP contribution in [0.3, 0.4) is 0 Å². The Hall–Kier alpha value is -3.33. The number of carbonyl (C=O) groups is 3. The summed E-state index contributed by atoms with van der Waals surface area (Å²) in [5.74, 6) is -2.64. The van der Waals surface area contributed by atoms with Crippen LogP contribution in [0.2, 0.25) is 0 Å². The van der Waals surface area contributed by atoms with Gasteiger partial charge in [-0.05, 0) is 51.8 Å². The summed E-state index contributed by atoms with van der Waals surface area (Å²) in [7, 11) is 1.43. The zero-order valence-electron chi connectivity index (χ0n) is 17.1. The molecule has 1 aliphatic heterocycles. The number of methoxy groups -OCH3 is 1. The van der Waals surface area contributed by atoms with Gasteiger partial charge in [0.25, 0.3) is 11.7 Å². The van der Waals surface area contributed by atoms with E-state index in [4.69, 9.17) is 18.9 Å². The summed E-state index contributed by atoms with van der Waals surface area (Å²) in [5.41, 5.74) is 0.871. The van der Waals surface area contributed by atoms with Gasteiger partial charge in [-0.2, -0.15) is 0 Å². The van der Waals surface area contributed by atoms with Gasteiger partial charge in [-0.15, -0.1) is 0 Å². The number of nitrogens with one attached hydrogen (secondary N) is 1. The number of hydrogen-bond donors (Lipinski definition) is 1. The lowest BCUT2D eigenvalue weighted by molar-refractivity contribution is -0.222. The minimum absolute atomic E-state index is 0.246. The average Bonchev–Trinajstić information content (AvgIpc) is 2.69. The number of amides is 1. The Morgan fingerprint density at radius 3 is 2.39 bits per heavy atom. The third-order valence-corrected chi connectivity index (χ3v) is 4.67. The van der Waals surface area contributed by atoms with E-state index in [1.54, 1.807) is 24.3 Å². The minimum Gasteiger partial charge on any atom is -0.493 e. The molecule has 1 amide bonds. The van der Waals surface area contributed by atoms with Crippen molar-refractivity contribution in [2.45, 2.75) is 19.6 Å². The average molecular weight is 490 g/mol. The smallest absolute Gasteiger partial charge is 0.348 e. The maximum atomic E-state index is 12.2. The number of benzene rings is 2. The fraction of sp³-hybridized carbons (Fsp3) is 0.227. The second-order valence-electron chi connectivity index (χ2n) is 6.97. The first-order chi connectivity index (χ1) is 14.7. The van der Waals surface area contributed by atoms with E-state index in [1.165, 1.54) is 27.0 Å². The number of para-hydroxylation sites is 1. The van der Waals surface area contributed by atoms with E-state index in [0.717, 1.165) is 0 Å². The van der Waals surface area contributed by atoms with Crippen molar-refractivity contribution in [3.63, 3.8) is 0 Å². The van der Waals surface area contributed by atoms with Crippen LogP contribution in [-0.4, -0.2) is 37.3 Å². The fourth-order valence-corrected chi connectivity index (χ4v) is 3.34. The molecule has 9 heteroatoms.